The molecule has 18 heavy (non-hydrogen) atoms. The first-order valence-electron chi connectivity index (χ1n) is 5.72. The molecule has 0 aromatic carbocycles. The fraction of sp³-hybridized carbons (Fsp3) is 0.538. The Hall–Kier alpha value is -1.78. The maximum atomic E-state index is 11.8. The SMILES string of the molecule is Cc1ccc(C(C=O)N(C)C(=O)OC(C)(C)C)o1. The second kappa shape index (κ2) is 5.25. The van der Waals surface area contributed by atoms with Crippen LogP contribution in [0.4, 0.5) is 4.79 Å². The number of aldehydes is 1. The van der Waals surface area contributed by atoms with E-state index in [9.17, 15) is 9.59 Å². The monoisotopic (exact) mass is 253 g/mol. The van der Waals surface area contributed by atoms with E-state index in [2.05, 4.69) is 0 Å². The summed E-state index contributed by atoms with van der Waals surface area (Å²) in [4.78, 5) is 24.2. The zero-order chi connectivity index (χ0) is 13.9. The molecule has 0 bridgehead atoms. The molecule has 1 heterocycles. The standard InChI is InChI=1S/C13H19NO4/c1-9-6-7-11(17-9)10(8-15)14(5)12(16)18-13(2,3)4/h6-8,10H,1-5H3. The summed E-state index contributed by atoms with van der Waals surface area (Å²) >= 11 is 0. The number of rotatable bonds is 3. The van der Waals surface area contributed by atoms with E-state index in [-0.39, 0.29) is 0 Å². The summed E-state index contributed by atoms with van der Waals surface area (Å²) in [7, 11) is 1.50. The average molecular weight is 253 g/mol. The van der Waals surface area contributed by atoms with Gasteiger partial charge in [0.1, 0.15) is 29.4 Å². The maximum absolute atomic E-state index is 11.8. The van der Waals surface area contributed by atoms with Crippen molar-refractivity contribution in [1.82, 2.24) is 4.90 Å². The molecular weight excluding hydrogens is 234 g/mol. The van der Waals surface area contributed by atoms with E-state index in [1.54, 1.807) is 39.8 Å². The van der Waals surface area contributed by atoms with Crippen LogP contribution in [0.1, 0.15) is 38.3 Å². The molecule has 1 aromatic heterocycles. The summed E-state index contributed by atoms with van der Waals surface area (Å²) < 4.78 is 10.6. The highest BCUT2D eigenvalue weighted by Gasteiger charge is 2.27. The summed E-state index contributed by atoms with van der Waals surface area (Å²) in [5.41, 5.74) is -0.599. The van der Waals surface area contributed by atoms with Crippen molar-refractivity contribution in [2.75, 3.05) is 7.05 Å². The van der Waals surface area contributed by atoms with E-state index in [0.29, 0.717) is 17.8 Å². The minimum atomic E-state index is -0.770. The van der Waals surface area contributed by atoms with Crippen molar-refractivity contribution in [1.29, 1.82) is 0 Å². The lowest BCUT2D eigenvalue weighted by Crippen LogP contribution is -2.37. The maximum Gasteiger partial charge on any atom is 0.411 e. The van der Waals surface area contributed by atoms with Gasteiger partial charge in [0.25, 0.3) is 0 Å². The lowest BCUT2D eigenvalue weighted by molar-refractivity contribution is -0.112. The third kappa shape index (κ3) is 3.61. The van der Waals surface area contributed by atoms with Crippen molar-refractivity contribution in [2.24, 2.45) is 0 Å². The zero-order valence-corrected chi connectivity index (χ0v) is 11.4. The van der Waals surface area contributed by atoms with Crippen LogP contribution in [0.25, 0.3) is 0 Å². The number of likely N-dealkylation sites (N-methyl/N-ethyl adjacent to an activating group) is 1. The molecule has 0 spiro atoms. The second-order valence-corrected chi connectivity index (χ2v) is 5.12. The number of hydrogen-bond donors (Lipinski definition) is 0. The first-order valence-corrected chi connectivity index (χ1v) is 5.72. The van der Waals surface area contributed by atoms with E-state index in [1.807, 2.05) is 0 Å². The summed E-state index contributed by atoms with van der Waals surface area (Å²) in [6, 6.07) is 2.65. The number of ether oxygens (including phenoxy) is 1. The van der Waals surface area contributed by atoms with Crippen molar-refractivity contribution in [3.8, 4) is 0 Å². The molecule has 1 rings (SSSR count). The predicted octanol–water partition coefficient (Wildman–Crippen LogP) is 2.69. The van der Waals surface area contributed by atoms with Crippen molar-refractivity contribution in [3.05, 3.63) is 23.7 Å². The number of furan rings is 1. The van der Waals surface area contributed by atoms with Gasteiger partial charge in [-0.3, -0.25) is 4.90 Å². The van der Waals surface area contributed by atoms with Crippen LogP contribution in [0.2, 0.25) is 0 Å². The quantitative estimate of drug-likeness (QED) is 0.777. The molecule has 100 valence electrons. The summed E-state index contributed by atoms with van der Waals surface area (Å²) in [6.07, 6.45) is 0.0935. The van der Waals surface area contributed by atoms with Crippen LogP contribution in [0.3, 0.4) is 0 Å². The number of amides is 1. The minimum Gasteiger partial charge on any atom is -0.464 e. The molecule has 1 unspecified atom stereocenters. The third-order valence-electron chi connectivity index (χ3n) is 2.28. The molecule has 0 saturated heterocycles. The van der Waals surface area contributed by atoms with Gasteiger partial charge < -0.3 is 13.9 Å². The second-order valence-electron chi connectivity index (χ2n) is 5.12. The Morgan fingerprint density at radius 1 is 1.44 bits per heavy atom. The Kier molecular flexibility index (Phi) is 4.16. The molecule has 0 saturated carbocycles. The smallest absolute Gasteiger partial charge is 0.411 e. The van der Waals surface area contributed by atoms with Gasteiger partial charge in [-0.2, -0.15) is 0 Å². The van der Waals surface area contributed by atoms with Crippen molar-refractivity contribution >= 4 is 12.4 Å². The van der Waals surface area contributed by atoms with Gasteiger partial charge in [-0.15, -0.1) is 0 Å². The van der Waals surface area contributed by atoms with E-state index < -0.39 is 17.7 Å². The van der Waals surface area contributed by atoms with Gasteiger partial charge in [0.2, 0.25) is 0 Å². The van der Waals surface area contributed by atoms with Crippen molar-refractivity contribution in [2.45, 2.75) is 39.3 Å². The van der Waals surface area contributed by atoms with Gasteiger partial charge in [-0.25, -0.2) is 4.79 Å². The van der Waals surface area contributed by atoms with Crippen LogP contribution < -0.4 is 0 Å². The zero-order valence-electron chi connectivity index (χ0n) is 11.4. The molecule has 5 heteroatoms. The van der Waals surface area contributed by atoms with Gasteiger partial charge in [0.05, 0.1) is 0 Å². The molecule has 1 amide bonds. The Bertz CT molecular complexity index is 430. The first-order chi connectivity index (χ1) is 8.24. The molecule has 0 N–H and O–H groups in total. The van der Waals surface area contributed by atoms with Crippen molar-refractivity contribution < 1.29 is 18.7 Å². The van der Waals surface area contributed by atoms with Crippen molar-refractivity contribution in [3.63, 3.8) is 0 Å². The Morgan fingerprint density at radius 2 is 2.06 bits per heavy atom. The van der Waals surface area contributed by atoms with Crippen LogP contribution in [0.15, 0.2) is 16.5 Å². The molecule has 5 nitrogen and oxygen atoms in total. The number of aryl methyl sites for hydroxylation is 1. The third-order valence-corrected chi connectivity index (χ3v) is 2.28. The van der Waals surface area contributed by atoms with Gasteiger partial charge in [0.15, 0.2) is 0 Å². The van der Waals surface area contributed by atoms with E-state index >= 15 is 0 Å². The topological polar surface area (TPSA) is 59.8 Å². The van der Waals surface area contributed by atoms with E-state index in [0.717, 1.165) is 0 Å². The van der Waals surface area contributed by atoms with Crippen LogP contribution in [0.5, 0.6) is 0 Å². The van der Waals surface area contributed by atoms with Crippen LogP contribution >= 0.6 is 0 Å². The number of nitrogens with zero attached hydrogens (tertiary/aromatic N) is 1. The van der Waals surface area contributed by atoms with Crippen LogP contribution in [-0.2, 0) is 9.53 Å². The lowest BCUT2D eigenvalue weighted by Gasteiger charge is -2.27. The molecule has 0 aliphatic heterocycles. The summed E-state index contributed by atoms with van der Waals surface area (Å²) in [6.45, 7) is 7.09. The highest BCUT2D eigenvalue weighted by Crippen LogP contribution is 2.21. The minimum absolute atomic E-state index is 0.427. The largest absolute Gasteiger partial charge is 0.464 e. The van der Waals surface area contributed by atoms with Crippen LogP contribution in [0, 0.1) is 6.92 Å². The Balaban J connectivity index is 2.83. The molecule has 1 atom stereocenters. The van der Waals surface area contributed by atoms with E-state index in [4.69, 9.17) is 9.15 Å². The van der Waals surface area contributed by atoms with Gasteiger partial charge >= 0.3 is 6.09 Å². The number of carbonyl (C=O) groups is 2. The molecule has 0 radical (unpaired) electrons. The molecule has 0 aliphatic carbocycles. The highest BCUT2D eigenvalue weighted by molar-refractivity contribution is 5.74. The lowest BCUT2D eigenvalue weighted by atomic mass is 10.2. The van der Waals surface area contributed by atoms with Crippen LogP contribution in [-0.4, -0.2) is 29.9 Å². The fourth-order valence-electron chi connectivity index (χ4n) is 1.41. The average Bonchev–Trinajstić information content (AvgIpc) is 2.63. The van der Waals surface area contributed by atoms with E-state index in [1.165, 1.54) is 11.9 Å². The number of carbonyl (C=O) groups excluding carboxylic acids is 2. The van der Waals surface area contributed by atoms with Gasteiger partial charge in [-0.1, -0.05) is 0 Å². The summed E-state index contributed by atoms with van der Waals surface area (Å²) in [5, 5.41) is 0. The molecule has 1 aromatic rings. The predicted molar refractivity (Wildman–Crippen MR) is 66.2 cm³/mol. The number of hydrogen-bond acceptors (Lipinski definition) is 4. The molecule has 0 fully saturated rings. The Labute approximate surface area is 107 Å². The van der Waals surface area contributed by atoms with Gasteiger partial charge in [-0.05, 0) is 39.8 Å². The molecule has 0 aliphatic rings. The molecular formula is C13H19NO4. The highest BCUT2D eigenvalue weighted by atomic mass is 16.6. The fourth-order valence-corrected chi connectivity index (χ4v) is 1.41. The van der Waals surface area contributed by atoms with Gasteiger partial charge in [0, 0.05) is 7.05 Å². The first kappa shape index (κ1) is 14.3. The Morgan fingerprint density at radius 3 is 2.44 bits per heavy atom. The summed E-state index contributed by atoms with van der Waals surface area (Å²) in [5.74, 6) is 1.12. The normalized spacial score (nSPS) is 12.9.